The molecule has 0 bridgehead atoms. The van der Waals surface area contributed by atoms with Crippen LogP contribution in [0.25, 0.3) is 6.08 Å². The van der Waals surface area contributed by atoms with Gasteiger partial charge in [0.05, 0.1) is 0 Å². The number of ether oxygens (including phenoxy) is 4. The number of hydrogen-bond donors (Lipinski definition) is 0. The molecule has 1 fully saturated rings. The molecule has 168 valence electrons. The number of esters is 2. The van der Waals surface area contributed by atoms with Crippen LogP contribution in [0.2, 0.25) is 0 Å². The van der Waals surface area contributed by atoms with Gasteiger partial charge in [0.25, 0.3) is 5.79 Å². The van der Waals surface area contributed by atoms with Crippen molar-refractivity contribution >= 4 is 18.0 Å². The SMILES string of the molecule is CC1(C)OC(=O)C(=Cc2cc(OCc3ccccc3)cc(OCc3ccccc3)c2)C(=O)O1. The summed E-state index contributed by atoms with van der Waals surface area (Å²) in [5.74, 6) is -1.70. The predicted molar refractivity (Wildman–Crippen MR) is 122 cm³/mol. The maximum atomic E-state index is 12.4. The lowest BCUT2D eigenvalue weighted by Crippen LogP contribution is -2.41. The van der Waals surface area contributed by atoms with Gasteiger partial charge in [-0.2, -0.15) is 0 Å². The summed E-state index contributed by atoms with van der Waals surface area (Å²) in [5, 5.41) is 0. The summed E-state index contributed by atoms with van der Waals surface area (Å²) in [6, 6.07) is 24.7. The van der Waals surface area contributed by atoms with Crippen molar-refractivity contribution in [3.63, 3.8) is 0 Å². The maximum Gasteiger partial charge on any atom is 0.348 e. The third kappa shape index (κ3) is 6.01. The van der Waals surface area contributed by atoms with Crippen LogP contribution < -0.4 is 9.47 Å². The Morgan fingerprint density at radius 1 is 0.727 bits per heavy atom. The van der Waals surface area contributed by atoms with Crippen molar-refractivity contribution in [2.24, 2.45) is 0 Å². The van der Waals surface area contributed by atoms with Crippen LogP contribution in [0.5, 0.6) is 11.5 Å². The van der Waals surface area contributed by atoms with Crippen LogP contribution in [-0.4, -0.2) is 17.7 Å². The van der Waals surface area contributed by atoms with Crippen LogP contribution in [0.15, 0.2) is 84.4 Å². The topological polar surface area (TPSA) is 71.1 Å². The highest BCUT2D eigenvalue weighted by atomic mass is 16.7. The summed E-state index contributed by atoms with van der Waals surface area (Å²) >= 11 is 0. The summed E-state index contributed by atoms with van der Waals surface area (Å²) in [6.07, 6.45) is 1.42. The fourth-order valence-electron chi connectivity index (χ4n) is 3.27. The third-order valence-corrected chi connectivity index (χ3v) is 4.83. The van der Waals surface area contributed by atoms with Gasteiger partial charge in [-0.1, -0.05) is 60.7 Å². The zero-order valence-corrected chi connectivity index (χ0v) is 18.4. The van der Waals surface area contributed by atoms with Crippen LogP contribution in [0.4, 0.5) is 0 Å². The molecule has 4 rings (SSSR count). The van der Waals surface area contributed by atoms with Gasteiger partial charge in [-0.05, 0) is 34.9 Å². The minimum Gasteiger partial charge on any atom is -0.489 e. The van der Waals surface area contributed by atoms with E-state index < -0.39 is 17.7 Å². The lowest BCUT2D eigenvalue weighted by molar-refractivity contribution is -0.222. The quantitative estimate of drug-likeness (QED) is 0.288. The van der Waals surface area contributed by atoms with Crippen molar-refractivity contribution in [1.29, 1.82) is 0 Å². The first kappa shape index (κ1) is 22.1. The van der Waals surface area contributed by atoms with E-state index in [1.807, 2.05) is 60.7 Å². The van der Waals surface area contributed by atoms with E-state index in [1.54, 1.807) is 18.2 Å². The molecule has 1 heterocycles. The molecule has 6 heteroatoms. The second kappa shape index (κ2) is 9.61. The molecule has 1 aliphatic rings. The molecule has 0 radical (unpaired) electrons. The molecule has 6 nitrogen and oxygen atoms in total. The Kier molecular flexibility index (Phi) is 6.45. The summed E-state index contributed by atoms with van der Waals surface area (Å²) in [6.45, 7) is 3.73. The molecule has 0 unspecified atom stereocenters. The number of hydrogen-bond acceptors (Lipinski definition) is 6. The molecule has 0 atom stereocenters. The Morgan fingerprint density at radius 2 is 1.18 bits per heavy atom. The van der Waals surface area contributed by atoms with Crippen LogP contribution in [-0.2, 0) is 32.3 Å². The smallest absolute Gasteiger partial charge is 0.348 e. The second-order valence-corrected chi connectivity index (χ2v) is 8.02. The Hall–Kier alpha value is -4.06. The predicted octanol–water partition coefficient (Wildman–Crippen LogP) is 5.06. The lowest BCUT2D eigenvalue weighted by atomic mass is 10.1. The second-order valence-electron chi connectivity index (χ2n) is 8.02. The third-order valence-electron chi connectivity index (χ3n) is 4.83. The first-order valence-corrected chi connectivity index (χ1v) is 10.5. The summed E-state index contributed by atoms with van der Waals surface area (Å²) in [5.41, 5.74) is 2.38. The van der Waals surface area contributed by atoms with E-state index in [1.165, 1.54) is 19.9 Å². The van der Waals surface area contributed by atoms with Crippen molar-refractivity contribution in [2.75, 3.05) is 0 Å². The van der Waals surface area contributed by atoms with Crippen molar-refractivity contribution in [3.05, 3.63) is 101 Å². The Labute approximate surface area is 192 Å². The molecule has 0 aromatic heterocycles. The molecule has 0 saturated carbocycles. The van der Waals surface area contributed by atoms with Gasteiger partial charge < -0.3 is 18.9 Å². The number of carbonyl (C=O) groups is 2. The van der Waals surface area contributed by atoms with E-state index in [0.29, 0.717) is 30.3 Å². The molecule has 0 N–H and O–H groups in total. The fourth-order valence-corrected chi connectivity index (χ4v) is 3.27. The zero-order chi connectivity index (χ0) is 23.3. The molecule has 0 aliphatic carbocycles. The van der Waals surface area contributed by atoms with Gasteiger partial charge in [0.15, 0.2) is 0 Å². The average molecular weight is 444 g/mol. The van der Waals surface area contributed by atoms with Crippen LogP contribution in [0.3, 0.4) is 0 Å². The Morgan fingerprint density at radius 3 is 1.64 bits per heavy atom. The molecule has 0 amide bonds. The Bertz CT molecular complexity index is 1080. The van der Waals surface area contributed by atoms with Gasteiger partial charge in [0.2, 0.25) is 0 Å². The van der Waals surface area contributed by atoms with E-state index in [0.717, 1.165) is 11.1 Å². The van der Waals surface area contributed by atoms with Crippen molar-refractivity contribution in [1.82, 2.24) is 0 Å². The first-order valence-electron chi connectivity index (χ1n) is 10.5. The highest BCUT2D eigenvalue weighted by Crippen LogP contribution is 2.29. The first-order chi connectivity index (χ1) is 15.9. The van der Waals surface area contributed by atoms with Crippen molar-refractivity contribution in [2.45, 2.75) is 32.8 Å². The number of cyclic esters (lactones) is 2. The molecule has 3 aromatic carbocycles. The monoisotopic (exact) mass is 444 g/mol. The molecule has 0 spiro atoms. The van der Waals surface area contributed by atoms with Crippen molar-refractivity contribution in [3.8, 4) is 11.5 Å². The van der Waals surface area contributed by atoms with Gasteiger partial charge in [0.1, 0.15) is 30.3 Å². The summed E-state index contributed by atoms with van der Waals surface area (Å²) in [7, 11) is 0. The Balaban J connectivity index is 1.60. The van der Waals surface area contributed by atoms with Crippen LogP contribution in [0.1, 0.15) is 30.5 Å². The molecule has 33 heavy (non-hydrogen) atoms. The molecule has 1 saturated heterocycles. The maximum absolute atomic E-state index is 12.4. The van der Waals surface area contributed by atoms with E-state index in [4.69, 9.17) is 18.9 Å². The minimum absolute atomic E-state index is 0.191. The van der Waals surface area contributed by atoms with Crippen LogP contribution >= 0.6 is 0 Å². The average Bonchev–Trinajstić information content (AvgIpc) is 2.79. The van der Waals surface area contributed by atoms with Crippen LogP contribution in [0, 0.1) is 0 Å². The van der Waals surface area contributed by atoms with Crippen molar-refractivity contribution < 1.29 is 28.5 Å². The van der Waals surface area contributed by atoms with Gasteiger partial charge >= 0.3 is 11.9 Å². The molecular weight excluding hydrogens is 420 g/mol. The highest BCUT2D eigenvalue weighted by Gasteiger charge is 2.38. The lowest BCUT2D eigenvalue weighted by Gasteiger charge is -2.29. The van der Waals surface area contributed by atoms with E-state index in [9.17, 15) is 9.59 Å². The standard InChI is InChI=1S/C27H24O6/c1-27(2)32-25(28)24(26(29)33-27)15-21-13-22(30-17-19-9-5-3-6-10-19)16-23(14-21)31-18-20-11-7-4-8-12-20/h3-16H,17-18H2,1-2H3. The zero-order valence-electron chi connectivity index (χ0n) is 18.4. The molecule has 3 aromatic rings. The number of carbonyl (C=O) groups excluding carboxylic acids is 2. The van der Waals surface area contributed by atoms with E-state index >= 15 is 0 Å². The highest BCUT2D eigenvalue weighted by molar-refractivity contribution is 6.18. The number of rotatable bonds is 7. The van der Waals surface area contributed by atoms with E-state index in [-0.39, 0.29) is 5.57 Å². The summed E-state index contributed by atoms with van der Waals surface area (Å²) < 4.78 is 22.3. The van der Waals surface area contributed by atoms with Gasteiger partial charge in [-0.25, -0.2) is 9.59 Å². The normalized spacial score (nSPS) is 14.8. The molecule has 1 aliphatic heterocycles. The minimum atomic E-state index is -1.30. The van der Waals surface area contributed by atoms with Gasteiger partial charge in [-0.15, -0.1) is 0 Å². The summed E-state index contributed by atoms with van der Waals surface area (Å²) in [4.78, 5) is 24.7. The fraction of sp³-hybridized carbons (Fsp3) is 0.185. The van der Waals surface area contributed by atoms with Gasteiger partial charge in [0, 0.05) is 19.9 Å². The van der Waals surface area contributed by atoms with Gasteiger partial charge in [-0.3, -0.25) is 0 Å². The molecular formula is C27H24O6. The van der Waals surface area contributed by atoms with E-state index in [2.05, 4.69) is 0 Å². The number of benzene rings is 3. The largest absolute Gasteiger partial charge is 0.489 e.